The molecule has 1 saturated heterocycles. The van der Waals surface area contributed by atoms with Crippen LogP contribution in [0.5, 0.6) is 0 Å². The summed E-state index contributed by atoms with van der Waals surface area (Å²) in [4.78, 5) is 4.26. The number of sulfonamides is 1. The van der Waals surface area contributed by atoms with Crippen molar-refractivity contribution < 1.29 is 8.42 Å². The number of nitrogens with zero attached hydrogens (tertiary/aromatic N) is 2. The standard InChI is InChI=1S/C13H21N3O2S2/c1-3-11-10-16(7-8-19-11)20(17,18)13-9-14-6-5-12(13)15-4-2/h5-6,9,11H,3-4,7-8,10H2,1-2H3,(H,14,15). The zero-order valence-corrected chi connectivity index (χ0v) is 13.5. The van der Waals surface area contributed by atoms with E-state index in [1.165, 1.54) is 6.20 Å². The van der Waals surface area contributed by atoms with Crippen LogP contribution in [0.1, 0.15) is 20.3 Å². The van der Waals surface area contributed by atoms with Gasteiger partial charge in [-0.2, -0.15) is 16.1 Å². The molecule has 1 N–H and O–H groups in total. The number of nitrogens with one attached hydrogen (secondary N) is 1. The third-order valence-corrected chi connectivity index (χ3v) is 6.59. The van der Waals surface area contributed by atoms with Gasteiger partial charge in [-0.3, -0.25) is 4.98 Å². The van der Waals surface area contributed by atoms with Gasteiger partial charge in [0.1, 0.15) is 4.90 Å². The van der Waals surface area contributed by atoms with Crippen LogP contribution in [-0.2, 0) is 10.0 Å². The predicted molar refractivity (Wildman–Crippen MR) is 83.7 cm³/mol. The number of hydrogen-bond donors (Lipinski definition) is 1. The molecule has 1 unspecified atom stereocenters. The molecule has 0 saturated carbocycles. The van der Waals surface area contributed by atoms with E-state index in [4.69, 9.17) is 0 Å². The van der Waals surface area contributed by atoms with Crippen LogP contribution >= 0.6 is 11.8 Å². The normalized spacial score (nSPS) is 20.8. The third kappa shape index (κ3) is 3.27. The Balaban J connectivity index is 2.30. The van der Waals surface area contributed by atoms with E-state index in [0.717, 1.165) is 12.2 Å². The Hall–Kier alpha value is -0.790. The van der Waals surface area contributed by atoms with Crippen LogP contribution in [0.25, 0.3) is 0 Å². The highest BCUT2D eigenvalue weighted by Crippen LogP contribution is 2.28. The van der Waals surface area contributed by atoms with E-state index in [1.54, 1.807) is 16.6 Å². The molecule has 1 aromatic rings. The van der Waals surface area contributed by atoms with Crippen molar-refractivity contribution in [3.8, 4) is 0 Å². The van der Waals surface area contributed by atoms with Crippen molar-refractivity contribution in [3.63, 3.8) is 0 Å². The first-order chi connectivity index (χ1) is 9.59. The van der Waals surface area contributed by atoms with E-state index in [1.807, 2.05) is 18.7 Å². The molecule has 0 bridgehead atoms. The Morgan fingerprint density at radius 3 is 3.00 bits per heavy atom. The lowest BCUT2D eigenvalue weighted by Gasteiger charge is -2.31. The number of thioether (sulfide) groups is 1. The molecule has 7 heteroatoms. The molecular weight excluding hydrogens is 294 g/mol. The Morgan fingerprint density at radius 1 is 1.50 bits per heavy atom. The maximum Gasteiger partial charge on any atom is 0.246 e. The number of anilines is 1. The van der Waals surface area contributed by atoms with Gasteiger partial charge in [0.05, 0.1) is 5.69 Å². The molecule has 5 nitrogen and oxygen atoms in total. The topological polar surface area (TPSA) is 62.3 Å². The van der Waals surface area contributed by atoms with Crippen LogP contribution < -0.4 is 5.32 Å². The van der Waals surface area contributed by atoms with E-state index in [9.17, 15) is 8.42 Å². The van der Waals surface area contributed by atoms with Crippen LogP contribution in [0, 0.1) is 0 Å². The van der Waals surface area contributed by atoms with Gasteiger partial charge in [0, 0.05) is 43.0 Å². The Morgan fingerprint density at radius 2 is 2.30 bits per heavy atom. The zero-order valence-electron chi connectivity index (χ0n) is 11.9. The number of aromatic nitrogens is 1. The van der Waals surface area contributed by atoms with Gasteiger partial charge in [-0.25, -0.2) is 8.42 Å². The molecule has 1 aromatic heterocycles. The predicted octanol–water partition coefficient (Wildman–Crippen LogP) is 2.03. The SMILES string of the molecule is CCNc1ccncc1S(=O)(=O)N1CCSC(CC)C1. The van der Waals surface area contributed by atoms with Crippen LogP contribution in [0.2, 0.25) is 0 Å². The molecule has 112 valence electrons. The quantitative estimate of drug-likeness (QED) is 0.901. The number of rotatable bonds is 5. The molecule has 1 aliphatic rings. The lowest BCUT2D eigenvalue weighted by atomic mass is 10.3. The molecule has 0 spiro atoms. The smallest absolute Gasteiger partial charge is 0.246 e. The van der Waals surface area contributed by atoms with Crippen molar-refractivity contribution in [2.45, 2.75) is 30.4 Å². The van der Waals surface area contributed by atoms with Gasteiger partial charge in [-0.15, -0.1) is 0 Å². The fourth-order valence-corrected chi connectivity index (χ4v) is 5.21. The molecule has 0 radical (unpaired) electrons. The highest BCUT2D eigenvalue weighted by molar-refractivity contribution is 8.00. The second-order valence-corrected chi connectivity index (χ2v) is 7.98. The van der Waals surface area contributed by atoms with Gasteiger partial charge in [-0.1, -0.05) is 6.92 Å². The fraction of sp³-hybridized carbons (Fsp3) is 0.615. The number of hydrogen-bond acceptors (Lipinski definition) is 5. The average Bonchev–Trinajstić information content (AvgIpc) is 2.48. The lowest BCUT2D eigenvalue weighted by Crippen LogP contribution is -2.41. The maximum atomic E-state index is 12.8. The third-order valence-electron chi connectivity index (χ3n) is 3.33. The molecule has 2 heterocycles. The molecule has 0 aliphatic carbocycles. The van der Waals surface area contributed by atoms with Crippen molar-refractivity contribution in [2.24, 2.45) is 0 Å². The molecule has 1 atom stereocenters. The summed E-state index contributed by atoms with van der Waals surface area (Å²) in [5, 5.41) is 3.48. The van der Waals surface area contributed by atoms with Crippen molar-refractivity contribution >= 4 is 27.5 Å². The first-order valence-electron chi connectivity index (χ1n) is 6.89. The van der Waals surface area contributed by atoms with Crippen molar-refractivity contribution in [2.75, 3.05) is 30.7 Å². The molecule has 0 aromatic carbocycles. The minimum Gasteiger partial charge on any atom is -0.384 e. The van der Waals surface area contributed by atoms with Gasteiger partial charge < -0.3 is 5.32 Å². The highest BCUT2D eigenvalue weighted by atomic mass is 32.2. The largest absolute Gasteiger partial charge is 0.384 e. The fourth-order valence-electron chi connectivity index (χ4n) is 2.22. The van der Waals surface area contributed by atoms with Crippen LogP contribution in [0.3, 0.4) is 0 Å². The average molecular weight is 315 g/mol. The summed E-state index contributed by atoms with van der Waals surface area (Å²) < 4.78 is 27.2. The summed E-state index contributed by atoms with van der Waals surface area (Å²) in [6, 6.07) is 1.71. The monoisotopic (exact) mass is 315 g/mol. The van der Waals surface area contributed by atoms with E-state index in [0.29, 0.717) is 30.6 Å². The Labute approximate surface area is 125 Å². The summed E-state index contributed by atoms with van der Waals surface area (Å²) in [5.74, 6) is 0.856. The van der Waals surface area contributed by atoms with Crippen LogP contribution in [0.4, 0.5) is 5.69 Å². The zero-order chi connectivity index (χ0) is 14.6. The summed E-state index contributed by atoms with van der Waals surface area (Å²) in [6.45, 7) is 5.89. The molecule has 0 amide bonds. The van der Waals surface area contributed by atoms with Crippen LogP contribution in [0.15, 0.2) is 23.4 Å². The van der Waals surface area contributed by atoms with Crippen molar-refractivity contribution in [3.05, 3.63) is 18.5 Å². The Bertz CT molecular complexity index is 548. The van der Waals surface area contributed by atoms with E-state index < -0.39 is 10.0 Å². The lowest BCUT2D eigenvalue weighted by molar-refractivity contribution is 0.416. The minimum absolute atomic E-state index is 0.281. The van der Waals surface area contributed by atoms with Crippen molar-refractivity contribution in [1.29, 1.82) is 0 Å². The molecular formula is C13H21N3O2S2. The van der Waals surface area contributed by atoms with Gasteiger partial charge >= 0.3 is 0 Å². The van der Waals surface area contributed by atoms with E-state index in [-0.39, 0.29) is 4.90 Å². The van der Waals surface area contributed by atoms with Gasteiger partial charge in [0.15, 0.2) is 0 Å². The minimum atomic E-state index is -3.46. The first-order valence-corrected chi connectivity index (χ1v) is 9.38. The van der Waals surface area contributed by atoms with E-state index in [2.05, 4.69) is 17.2 Å². The summed E-state index contributed by atoms with van der Waals surface area (Å²) in [6.07, 6.45) is 4.04. The molecule has 20 heavy (non-hydrogen) atoms. The highest BCUT2D eigenvalue weighted by Gasteiger charge is 2.31. The summed E-state index contributed by atoms with van der Waals surface area (Å²) >= 11 is 1.86. The number of pyridine rings is 1. The second-order valence-electron chi connectivity index (χ2n) is 4.67. The molecule has 2 rings (SSSR count). The van der Waals surface area contributed by atoms with Gasteiger partial charge in [-0.05, 0) is 19.4 Å². The summed E-state index contributed by atoms with van der Waals surface area (Å²) in [5.41, 5.74) is 0.633. The summed E-state index contributed by atoms with van der Waals surface area (Å²) in [7, 11) is -3.46. The Kier molecular flexibility index (Phi) is 5.29. The first kappa shape index (κ1) is 15.6. The van der Waals surface area contributed by atoms with Gasteiger partial charge in [0.25, 0.3) is 0 Å². The second kappa shape index (κ2) is 6.78. The van der Waals surface area contributed by atoms with E-state index >= 15 is 0 Å². The van der Waals surface area contributed by atoms with Gasteiger partial charge in [0.2, 0.25) is 10.0 Å². The maximum absolute atomic E-state index is 12.8. The van der Waals surface area contributed by atoms with Crippen molar-refractivity contribution in [1.82, 2.24) is 9.29 Å². The van der Waals surface area contributed by atoms with Crippen LogP contribution in [-0.4, -0.2) is 48.3 Å². The molecule has 1 aliphatic heterocycles. The molecule has 1 fully saturated rings.